The van der Waals surface area contributed by atoms with Gasteiger partial charge in [-0.05, 0) is 31.4 Å². The SMILES string of the molecule is CC(C)n1ccc2ccccc21.c1conn1. The highest BCUT2D eigenvalue weighted by Crippen LogP contribution is 2.18. The van der Waals surface area contributed by atoms with Crippen molar-refractivity contribution in [3.8, 4) is 0 Å². The average molecular weight is 229 g/mol. The molecule has 4 nitrogen and oxygen atoms in total. The number of aromatic nitrogens is 3. The number of fused-ring (bicyclic) bond motifs is 1. The van der Waals surface area contributed by atoms with E-state index in [1.165, 1.54) is 23.4 Å². The molecule has 17 heavy (non-hydrogen) atoms. The van der Waals surface area contributed by atoms with Gasteiger partial charge < -0.3 is 9.09 Å². The van der Waals surface area contributed by atoms with Crippen molar-refractivity contribution in [3.05, 3.63) is 49.0 Å². The Labute approximate surface area is 99.8 Å². The van der Waals surface area contributed by atoms with Gasteiger partial charge in [0.05, 0.1) is 6.20 Å². The van der Waals surface area contributed by atoms with Crippen molar-refractivity contribution in [1.29, 1.82) is 0 Å². The summed E-state index contributed by atoms with van der Waals surface area (Å²) >= 11 is 0. The predicted molar refractivity (Wildman–Crippen MR) is 66.6 cm³/mol. The first-order valence-corrected chi connectivity index (χ1v) is 5.55. The molecule has 0 aliphatic carbocycles. The van der Waals surface area contributed by atoms with Crippen LogP contribution in [0.5, 0.6) is 0 Å². The second-order valence-electron chi connectivity index (χ2n) is 3.96. The highest BCUT2D eigenvalue weighted by Gasteiger charge is 2.01. The van der Waals surface area contributed by atoms with Crippen LogP contribution in [0.2, 0.25) is 0 Å². The molecular formula is C13H15N3O. The molecule has 3 aromatic rings. The molecule has 0 radical (unpaired) electrons. The Morgan fingerprint density at radius 2 is 2.00 bits per heavy atom. The molecule has 0 aliphatic rings. The molecule has 0 aliphatic heterocycles. The lowest BCUT2D eigenvalue weighted by Crippen LogP contribution is -1.97. The summed E-state index contributed by atoms with van der Waals surface area (Å²) in [6.07, 6.45) is 5.02. The molecule has 3 rings (SSSR count). The van der Waals surface area contributed by atoms with Gasteiger partial charge in [0.2, 0.25) is 0 Å². The summed E-state index contributed by atoms with van der Waals surface area (Å²) in [5.41, 5.74) is 1.33. The van der Waals surface area contributed by atoms with Crippen LogP contribution in [0.4, 0.5) is 0 Å². The molecule has 0 fully saturated rings. The monoisotopic (exact) mass is 229 g/mol. The lowest BCUT2D eigenvalue weighted by atomic mass is 10.2. The first kappa shape index (κ1) is 11.4. The van der Waals surface area contributed by atoms with Gasteiger partial charge in [-0.2, -0.15) is 0 Å². The Bertz CT molecular complexity index is 538. The quantitative estimate of drug-likeness (QED) is 0.643. The normalized spacial score (nSPS) is 10.3. The third-order valence-electron chi connectivity index (χ3n) is 2.47. The molecular weight excluding hydrogens is 214 g/mol. The Morgan fingerprint density at radius 3 is 2.59 bits per heavy atom. The van der Waals surface area contributed by atoms with Crippen LogP contribution in [0.15, 0.2) is 53.5 Å². The van der Waals surface area contributed by atoms with Crippen LogP contribution in [0.3, 0.4) is 0 Å². The third-order valence-corrected chi connectivity index (χ3v) is 2.47. The van der Waals surface area contributed by atoms with E-state index < -0.39 is 0 Å². The van der Waals surface area contributed by atoms with E-state index in [-0.39, 0.29) is 0 Å². The van der Waals surface area contributed by atoms with Crippen molar-refractivity contribution in [2.45, 2.75) is 19.9 Å². The highest BCUT2D eigenvalue weighted by atomic mass is 16.5. The highest BCUT2D eigenvalue weighted by molar-refractivity contribution is 5.80. The van der Waals surface area contributed by atoms with Crippen molar-refractivity contribution in [2.75, 3.05) is 0 Å². The minimum absolute atomic E-state index is 0.546. The Morgan fingerprint density at radius 1 is 1.18 bits per heavy atom. The number of para-hydroxylation sites is 1. The second-order valence-corrected chi connectivity index (χ2v) is 3.96. The number of hydrogen-bond donors (Lipinski definition) is 0. The van der Waals surface area contributed by atoms with Crippen LogP contribution in [0.25, 0.3) is 10.9 Å². The van der Waals surface area contributed by atoms with E-state index in [1.54, 1.807) is 0 Å². The fraction of sp³-hybridized carbons (Fsp3) is 0.231. The largest absolute Gasteiger partial charge is 0.346 e. The van der Waals surface area contributed by atoms with Crippen LogP contribution >= 0.6 is 0 Å². The maximum absolute atomic E-state index is 4.22. The lowest BCUT2D eigenvalue weighted by molar-refractivity contribution is 0.393. The van der Waals surface area contributed by atoms with E-state index in [2.05, 4.69) is 69.8 Å². The van der Waals surface area contributed by atoms with Gasteiger partial charge >= 0.3 is 0 Å². The number of nitrogens with zero attached hydrogens (tertiary/aromatic N) is 3. The molecule has 0 bridgehead atoms. The fourth-order valence-corrected chi connectivity index (χ4v) is 1.69. The summed E-state index contributed by atoms with van der Waals surface area (Å²) in [5.74, 6) is 0. The summed E-state index contributed by atoms with van der Waals surface area (Å²) in [5, 5.41) is 7.73. The zero-order valence-electron chi connectivity index (χ0n) is 9.95. The molecule has 2 aromatic heterocycles. The molecule has 0 amide bonds. The van der Waals surface area contributed by atoms with Crippen LogP contribution in [-0.4, -0.2) is 14.9 Å². The first-order chi connectivity index (χ1) is 8.29. The molecule has 88 valence electrons. The molecule has 4 heteroatoms. The van der Waals surface area contributed by atoms with Crippen LogP contribution in [0.1, 0.15) is 19.9 Å². The van der Waals surface area contributed by atoms with Crippen LogP contribution < -0.4 is 0 Å². The molecule has 2 heterocycles. The smallest absolute Gasteiger partial charge is 0.144 e. The molecule has 0 N–H and O–H groups in total. The molecule has 0 unspecified atom stereocenters. The summed E-state index contributed by atoms with van der Waals surface area (Å²) < 4.78 is 6.51. The van der Waals surface area contributed by atoms with E-state index in [0.29, 0.717) is 6.04 Å². The summed E-state index contributed by atoms with van der Waals surface area (Å²) in [6.45, 7) is 4.40. The topological polar surface area (TPSA) is 43.9 Å². The first-order valence-electron chi connectivity index (χ1n) is 5.55. The van der Waals surface area contributed by atoms with Crippen molar-refractivity contribution >= 4 is 10.9 Å². The van der Waals surface area contributed by atoms with E-state index in [0.717, 1.165) is 0 Å². The number of benzene rings is 1. The standard InChI is InChI=1S/C11H13N.C2H2N2O/c1-9(2)12-8-7-10-5-3-4-6-11(10)12;1-2-5-4-3-1/h3-9H,1-2H3;1-2H. The zero-order valence-corrected chi connectivity index (χ0v) is 9.95. The van der Waals surface area contributed by atoms with Gasteiger partial charge in [0.15, 0.2) is 0 Å². The Kier molecular flexibility index (Phi) is 3.55. The van der Waals surface area contributed by atoms with Crippen molar-refractivity contribution in [2.24, 2.45) is 0 Å². The maximum atomic E-state index is 4.22. The molecule has 0 saturated carbocycles. The van der Waals surface area contributed by atoms with Gasteiger partial charge in [-0.1, -0.05) is 18.2 Å². The van der Waals surface area contributed by atoms with Gasteiger partial charge in [-0.3, -0.25) is 0 Å². The molecule has 0 saturated heterocycles. The number of hydrogen-bond acceptors (Lipinski definition) is 3. The lowest BCUT2D eigenvalue weighted by Gasteiger charge is -2.08. The van der Waals surface area contributed by atoms with Gasteiger partial charge in [0, 0.05) is 23.0 Å². The summed E-state index contributed by atoms with van der Waals surface area (Å²) in [7, 11) is 0. The van der Waals surface area contributed by atoms with E-state index in [1.807, 2.05) is 0 Å². The summed E-state index contributed by atoms with van der Waals surface area (Å²) in [6, 6.07) is 11.2. The van der Waals surface area contributed by atoms with Crippen molar-refractivity contribution in [1.82, 2.24) is 14.9 Å². The average Bonchev–Trinajstić information content (AvgIpc) is 3.02. The van der Waals surface area contributed by atoms with Gasteiger partial charge in [0.1, 0.15) is 6.26 Å². The fourth-order valence-electron chi connectivity index (χ4n) is 1.69. The molecule has 0 spiro atoms. The second kappa shape index (κ2) is 5.30. The van der Waals surface area contributed by atoms with Gasteiger partial charge in [-0.25, -0.2) is 0 Å². The van der Waals surface area contributed by atoms with Gasteiger partial charge in [0.25, 0.3) is 0 Å². The minimum Gasteiger partial charge on any atom is -0.346 e. The van der Waals surface area contributed by atoms with E-state index >= 15 is 0 Å². The Hall–Kier alpha value is -2.10. The maximum Gasteiger partial charge on any atom is 0.144 e. The molecule has 1 aromatic carbocycles. The minimum atomic E-state index is 0.546. The third kappa shape index (κ3) is 2.72. The predicted octanol–water partition coefficient (Wildman–Crippen LogP) is 3.29. The van der Waals surface area contributed by atoms with Crippen molar-refractivity contribution in [3.63, 3.8) is 0 Å². The molecule has 0 atom stereocenters. The summed E-state index contributed by atoms with van der Waals surface area (Å²) in [4.78, 5) is 0. The Balaban J connectivity index is 0.000000181. The van der Waals surface area contributed by atoms with Crippen molar-refractivity contribution < 1.29 is 4.52 Å². The zero-order chi connectivity index (χ0) is 12.1. The van der Waals surface area contributed by atoms with E-state index in [9.17, 15) is 0 Å². The van der Waals surface area contributed by atoms with Gasteiger partial charge in [-0.15, -0.1) is 5.10 Å². The van der Waals surface area contributed by atoms with Crippen LogP contribution in [0, 0.1) is 0 Å². The van der Waals surface area contributed by atoms with E-state index in [4.69, 9.17) is 0 Å². The number of rotatable bonds is 1. The van der Waals surface area contributed by atoms with Crippen LogP contribution in [-0.2, 0) is 0 Å².